The van der Waals surface area contributed by atoms with E-state index in [0.29, 0.717) is 0 Å². The number of amides is 1. The Morgan fingerprint density at radius 3 is 2.88 bits per heavy atom. The van der Waals surface area contributed by atoms with Crippen molar-refractivity contribution in [2.45, 2.75) is 6.04 Å². The lowest BCUT2D eigenvalue weighted by molar-refractivity contribution is -0.162. The Kier molecular flexibility index (Phi) is 2.58. The van der Waals surface area contributed by atoms with E-state index in [4.69, 9.17) is 4.74 Å². The van der Waals surface area contributed by atoms with Gasteiger partial charge in [-0.05, 0) is 6.08 Å². The van der Waals surface area contributed by atoms with Crippen molar-refractivity contribution in [2.24, 2.45) is 17.8 Å². The maximum Gasteiger partial charge on any atom is 0.311 e. The van der Waals surface area contributed by atoms with Gasteiger partial charge in [0, 0.05) is 18.9 Å². The molecule has 0 bridgehead atoms. The first-order chi connectivity index (χ1) is 7.61. The van der Waals surface area contributed by atoms with Crippen LogP contribution < -0.4 is 0 Å². The molecule has 4 nitrogen and oxygen atoms in total. The van der Waals surface area contributed by atoms with Crippen molar-refractivity contribution in [1.29, 1.82) is 0 Å². The highest BCUT2D eigenvalue weighted by atomic mass is 16.5. The number of methoxy groups -OCH3 is 1. The lowest BCUT2D eigenvalue weighted by Crippen LogP contribution is -2.63. The van der Waals surface area contributed by atoms with E-state index >= 15 is 0 Å². The normalized spacial score (nSPS) is 36.4. The van der Waals surface area contributed by atoms with E-state index in [9.17, 15) is 9.59 Å². The third-order valence-electron chi connectivity index (χ3n) is 3.62. The molecular weight excluding hydrogens is 206 g/mol. The molecule has 1 saturated carbocycles. The molecule has 0 aromatic heterocycles. The van der Waals surface area contributed by atoms with Gasteiger partial charge in [0.25, 0.3) is 0 Å². The number of ether oxygens (including phenoxy) is 1. The minimum absolute atomic E-state index is 0.0577. The zero-order valence-electron chi connectivity index (χ0n) is 9.42. The van der Waals surface area contributed by atoms with E-state index < -0.39 is 0 Å². The maximum atomic E-state index is 11.6. The van der Waals surface area contributed by atoms with Crippen molar-refractivity contribution < 1.29 is 14.3 Å². The van der Waals surface area contributed by atoms with Gasteiger partial charge in [0.05, 0.1) is 19.1 Å². The van der Waals surface area contributed by atoms with Gasteiger partial charge in [-0.15, -0.1) is 6.58 Å². The van der Waals surface area contributed by atoms with Gasteiger partial charge in [0.15, 0.2) is 0 Å². The minimum atomic E-state index is -0.272. The highest BCUT2D eigenvalue weighted by Crippen LogP contribution is 2.47. The first kappa shape index (κ1) is 10.9. The maximum absolute atomic E-state index is 11.6. The second-order valence-electron chi connectivity index (χ2n) is 4.24. The Bertz CT molecular complexity index is 374. The average molecular weight is 221 g/mol. The van der Waals surface area contributed by atoms with Crippen molar-refractivity contribution in [2.75, 3.05) is 14.2 Å². The van der Waals surface area contributed by atoms with E-state index in [-0.39, 0.29) is 35.7 Å². The van der Waals surface area contributed by atoms with Crippen molar-refractivity contribution in [3.05, 3.63) is 24.8 Å². The summed E-state index contributed by atoms with van der Waals surface area (Å²) in [5.41, 5.74) is 0. The Hall–Kier alpha value is -1.58. The van der Waals surface area contributed by atoms with Crippen molar-refractivity contribution in [3.63, 3.8) is 0 Å². The van der Waals surface area contributed by atoms with Crippen molar-refractivity contribution >= 4 is 11.9 Å². The SMILES string of the molecule is C=C[C@H]1[C@@H]2C=CC(=O)N(C)[C@@H]2[C@@H]1C(=O)OC. The van der Waals surface area contributed by atoms with Crippen LogP contribution in [0.1, 0.15) is 0 Å². The molecule has 1 aliphatic heterocycles. The highest BCUT2D eigenvalue weighted by molar-refractivity contribution is 5.90. The standard InChI is InChI=1S/C12H15NO3/c1-4-7-8-5-6-9(14)13(2)11(8)10(7)12(15)16-3/h4-8,10-11H,1H2,2-3H3/t7-,8-,10+,11-/m0/s1. The molecule has 4 heteroatoms. The minimum Gasteiger partial charge on any atom is -0.469 e. The molecule has 2 rings (SSSR count). The third-order valence-corrected chi connectivity index (χ3v) is 3.62. The van der Waals surface area contributed by atoms with Crippen LogP contribution in [0.4, 0.5) is 0 Å². The fourth-order valence-electron chi connectivity index (χ4n) is 2.72. The molecule has 0 unspecified atom stereocenters. The zero-order chi connectivity index (χ0) is 11.9. The van der Waals surface area contributed by atoms with Gasteiger partial charge in [-0.2, -0.15) is 0 Å². The van der Waals surface area contributed by atoms with Crippen LogP contribution in [0.15, 0.2) is 24.8 Å². The van der Waals surface area contributed by atoms with E-state index in [0.717, 1.165) is 0 Å². The number of esters is 1. The summed E-state index contributed by atoms with van der Waals surface area (Å²) < 4.78 is 4.77. The largest absolute Gasteiger partial charge is 0.469 e. The van der Waals surface area contributed by atoms with Gasteiger partial charge in [0.1, 0.15) is 0 Å². The molecule has 86 valence electrons. The van der Waals surface area contributed by atoms with Gasteiger partial charge in [0.2, 0.25) is 5.91 Å². The summed E-state index contributed by atoms with van der Waals surface area (Å²) in [6, 6.07) is -0.0760. The highest BCUT2D eigenvalue weighted by Gasteiger charge is 2.55. The second-order valence-corrected chi connectivity index (χ2v) is 4.24. The molecule has 0 spiro atoms. The molecular formula is C12H15NO3. The summed E-state index contributed by atoms with van der Waals surface area (Å²) in [4.78, 5) is 24.8. The lowest BCUT2D eigenvalue weighted by Gasteiger charge is -2.53. The molecule has 0 aromatic rings. The molecule has 0 aromatic carbocycles. The molecule has 1 fully saturated rings. The number of allylic oxidation sites excluding steroid dienone is 1. The number of carbonyl (C=O) groups excluding carboxylic acids is 2. The fourth-order valence-corrected chi connectivity index (χ4v) is 2.72. The fraction of sp³-hybridized carbons (Fsp3) is 0.500. The molecule has 1 amide bonds. The Morgan fingerprint density at radius 2 is 2.31 bits per heavy atom. The van der Waals surface area contributed by atoms with E-state index in [2.05, 4.69) is 6.58 Å². The van der Waals surface area contributed by atoms with Gasteiger partial charge < -0.3 is 9.64 Å². The van der Waals surface area contributed by atoms with E-state index in [1.54, 1.807) is 24.1 Å². The van der Waals surface area contributed by atoms with Gasteiger partial charge >= 0.3 is 5.97 Å². The van der Waals surface area contributed by atoms with E-state index in [1.165, 1.54) is 7.11 Å². The van der Waals surface area contributed by atoms with Crippen LogP contribution >= 0.6 is 0 Å². The molecule has 0 radical (unpaired) electrons. The molecule has 16 heavy (non-hydrogen) atoms. The number of likely N-dealkylation sites (N-methyl/N-ethyl adjacent to an activating group) is 1. The van der Waals surface area contributed by atoms with Crippen molar-refractivity contribution in [1.82, 2.24) is 4.90 Å². The number of nitrogens with zero attached hydrogens (tertiary/aromatic N) is 1. The van der Waals surface area contributed by atoms with Crippen LogP contribution in [0, 0.1) is 17.8 Å². The van der Waals surface area contributed by atoms with Crippen molar-refractivity contribution in [3.8, 4) is 0 Å². The lowest BCUT2D eigenvalue weighted by atomic mass is 9.59. The Morgan fingerprint density at radius 1 is 1.62 bits per heavy atom. The molecule has 0 N–H and O–H groups in total. The quantitative estimate of drug-likeness (QED) is 0.507. The molecule has 0 saturated heterocycles. The Balaban J connectivity index is 2.28. The average Bonchev–Trinajstić information content (AvgIpc) is 2.25. The van der Waals surface area contributed by atoms with Gasteiger partial charge in [-0.3, -0.25) is 9.59 Å². The van der Waals surface area contributed by atoms with E-state index in [1.807, 2.05) is 6.08 Å². The van der Waals surface area contributed by atoms with Crippen LogP contribution in [0.2, 0.25) is 0 Å². The van der Waals surface area contributed by atoms with Gasteiger partial charge in [-0.25, -0.2) is 0 Å². The smallest absolute Gasteiger partial charge is 0.311 e. The molecule has 1 heterocycles. The number of rotatable bonds is 2. The summed E-state index contributed by atoms with van der Waals surface area (Å²) >= 11 is 0. The van der Waals surface area contributed by atoms with Crippen LogP contribution in [-0.4, -0.2) is 37.0 Å². The topological polar surface area (TPSA) is 46.6 Å². The first-order valence-electron chi connectivity index (χ1n) is 5.27. The zero-order valence-corrected chi connectivity index (χ0v) is 9.42. The summed E-state index contributed by atoms with van der Waals surface area (Å²) in [5.74, 6) is -0.321. The Labute approximate surface area is 94.6 Å². The second kappa shape index (κ2) is 3.77. The monoisotopic (exact) mass is 221 g/mol. The molecule has 2 aliphatic rings. The van der Waals surface area contributed by atoms with Gasteiger partial charge in [-0.1, -0.05) is 12.2 Å². The molecule has 4 atom stereocenters. The summed E-state index contributed by atoms with van der Waals surface area (Å²) in [7, 11) is 3.09. The predicted molar refractivity (Wildman–Crippen MR) is 58.4 cm³/mol. The number of fused-ring (bicyclic) bond motifs is 1. The summed E-state index contributed by atoms with van der Waals surface area (Å²) in [6.07, 6.45) is 5.21. The van der Waals surface area contributed by atoms with Crippen LogP contribution in [0.25, 0.3) is 0 Å². The number of hydrogen-bond donors (Lipinski definition) is 0. The van der Waals surface area contributed by atoms with Crippen LogP contribution in [0.5, 0.6) is 0 Å². The first-order valence-corrected chi connectivity index (χ1v) is 5.27. The van der Waals surface area contributed by atoms with Crippen LogP contribution in [0.3, 0.4) is 0 Å². The molecule has 1 aliphatic carbocycles. The summed E-state index contributed by atoms with van der Waals surface area (Å²) in [6.45, 7) is 3.74. The predicted octanol–water partition coefficient (Wildman–Crippen LogP) is 0.604. The number of hydrogen-bond acceptors (Lipinski definition) is 3. The summed E-state index contributed by atoms with van der Waals surface area (Å²) in [5, 5.41) is 0. The third kappa shape index (κ3) is 1.29. The number of carbonyl (C=O) groups is 2. The van der Waals surface area contributed by atoms with Crippen LogP contribution in [-0.2, 0) is 14.3 Å².